The molecule has 6 heteroatoms. The average Bonchev–Trinajstić information content (AvgIpc) is 3.26. The fourth-order valence-corrected chi connectivity index (χ4v) is 5.09. The van der Waals surface area contributed by atoms with Gasteiger partial charge < -0.3 is 4.90 Å². The highest BCUT2D eigenvalue weighted by Crippen LogP contribution is 2.31. The molecule has 0 fully saturated rings. The predicted octanol–water partition coefficient (Wildman–Crippen LogP) is 7.59. The number of aromatic nitrogens is 2. The van der Waals surface area contributed by atoms with Gasteiger partial charge in [-0.3, -0.25) is 4.79 Å². The summed E-state index contributed by atoms with van der Waals surface area (Å²) in [6.45, 7) is 21.4. The molecule has 6 nitrogen and oxygen atoms in total. The summed E-state index contributed by atoms with van der Waals surface area (Å²) in [5.41, 5.74) is 6.23. The number of hydrogen-bond acceptors (Lipinski definition) is 5. The van der Waals surface area contributed by atoms with E-state index >= 15 is 0 Å². The van der Waals surface area contributed by atoms with Crippen molar-refractivity contribution in [1.82, 2.24) is 9.66 Å². The molecular formula is C32H49N5O. The first-order valence-electron chi connectivity index (χ1n) is 14.8. The van der Waals surface area contributed by atoms with Gasteiger partial charge in [-0.2, -0.15) is 9.78 Å². The second kappa shape index (κ2) is 12.9. The van der Waals surface area contributed by atoms with E-state index in [0.29, 0.717) is 5.82 Å². The molecule has 0 bridgehead atoms. The van der Waals surface area contributed by atoms with Crippen molar-refractivity contribution in [1.29, 1.82) is 0 Å². The van der Waals surface area contributed by atoms with Gasteiger partial charge in [0.05, 0.1) is 17.1 Å². The molecule has 38 heavy (non-hydrogen) atoms. The van der Waals surface area contributed by atoms with Crippen LogP contribution in [0.4, 0.5) is 11.4 Å². The maximum Gasteiger partial charge on any atom is 0.278 e. The normalized spacial score (nSPS) is 14.4. The summed E-state index contributed by atoms with van der Waals surface area (Å²) in [7, 11) is 0. The molecule has 208 valence electrons. The molecule has 2 heterocycles. The summed E-state index contributed by atoms with van der Waals surface area (Å²) in [5.74, 6) is 0.697. The Kier molecular flexibility index (Phi) is 10.1. The van der Waals surface area contributed by atoms with Crippen molar-refractivity contribution < 1.29 is 0 Å². The molecule has 0 radical (unpaired) electrons. The Morgan fingerprint density at radius 1 is 1.03 bits per heavy atom. The third-order valence-electron chi connectivity index (χ3n) is 7.96. The second-order valence-electron chi connectivity index (χ2n) is 11.5. The zero-order chi connectivity index (χ0) is 28.0. The fraction of sp³-hybridized carbons (Fsp3) is 0.625. The van der Waals surface area contributed by atoms with Crippen molar-refractivity contribution in [3.05, 3.63) is 51.2 Å². The minimum Gasteiger partial charge on any atom is -0.372 e. The topological polar surface area (TPSA) is 62.9 Å². The average molecular weight is 520 g/mol. The molecule has 1 aliphatic heterocycles. The van der Waals surface area contributed by atoms with Crippen molar-refractivity contribution in [3.8, 4) is 0 Å². The van der Waals surface area contributed by atoms with E-state index in [9.17, 15) is 4.79 Å². The summed E-state index contributed by atoms with van der Waals surface area (Å²) in [6.07, 6.45) is 7.46. The maximum atomic E-state index is 13.9. The molecule has 0 unspecified atom stereocenters. The van der Waals surface area contributed by atoms with E-state index < -0.39 is 0 Å². The first-order chi connectivity index (χ1) is 18.1. The van der Waals surface area contributed by atoms with Crippen LogP contribution in [-0.2, 0) is 11.8 Å². The van der Waals surface area contributed by atoms with E-state index in [-0.39, 0.29) is 16.9 Å². The number of rotatable bonds is 13. The minimum absolute atomic E-state index is 0.0287. The van der Waals surface area contributed by atoms with Gasteiger partial charge in [0.15, 0.2) is 5.82 Å². The van der Waals surface area contributed by atoms with Crippen molar-refractivity contribution >= 4 is 22.8 Å². The Bertz CT molecular complexity index is 1230. The van der Waals surface area contributed by atoms with E-state index in [1.165, 1.54) is 29.6 Å². The summed E-state index contributed by atoms with van der Waals surface area (Å²) in [4.78, 5) is 26.6. The van der Waals surface area contributed by atoms with Gasteiger partial charge in [-0.1, -0.05) is 67.2 Å². The van der Waals surface area contributed by atoms with Gasteiger partial charge >= 0.3 is 0 Å². The van der Waals surface area contributed by atoms with Crippen LogP contribution in [0.25, 0.3) is 0 Å². The number of aliphatic imine (C=N–C) groups is 1. The number of hydrogen-bond donors (Lipinski definition) is 0. The number of fused-ring (bicyclic) bond motifs is 1. The van der Waals surface area contributed by atoms with Crippen LogP contribution in [0.5, 0.6) is 0 Å². The van der Waals surface area contributed by atoms with Crippen molar-refractivity contribution in [3.63, 3.8) is 0 Å². The Labute approximate surface area is 230 Å². The molecule has 0 atom stereocenters. The van der Waals surface area contributed by atoms with E-state index in [0.717, 1.165) is 72.7 Å². The third-order valence-corrected chi connectivity index (χ3v) is 7.96. The smallest absolute Gasteiger partial charge is 0.278 e. The van der Waals surface area contributed by atoms with E-state index in [4.69, 9.17) is 15.1 Å². The van der Waals surface area contributed by atoms with Crippen molar-refractivity contribution in [2.45, 2.75) is 113 Å². The van der Waals surface area contributed by atoms with Crippen LogP contribution in [0.2, 0.25) is 0 Å². The first kappa shape index (κ1) is 29.8. The Hall–Kier alpha value is -2.76. The highest BCUT2D eigenvalue weighted by atomic mass is 16.1. The summed E-state index contributed by atoms with van der Waals surface area (Å²) >= 11 is 0. The lowest BCUT2D eigenvalue weighted by atomic mass is 9.82. The predicted molar refractivity (Wildman–Crippen MR) is 163 cm³/mol. The molecule has 1 aromatic heterocycles. The molecule has 0 spiro atoms. The molecule has 0 aliphatic carbocycles. The lowest BCUT2D eigenvalue weighted by molar-refractivity contribution is 0.475. The maximum absolute atomic E-state index is 13.9. The SMILES string of the molecule is CCCCCCCc1c(C(C)(C)CC)nc2n(c1=O)N=C(C(C)C)C2=Nc1ccc(N(CC)CC)cc1C. The Balaban J connectivity index is 2.14. The Morgan fingerprint density at radius 3 is 2.29 bits per heavy atom. The Morgan fingerprint density at radius 2 is 1.71 bits per heavy atom. The van der Waals surface area contributed by atoms with E-state index in [2.05, 4.69) is 85.4 Å². The van der Waals surface area contributed by atoms with Gasteiger partial charge in [0.25, 0.3) is 5.56 Å². The van der Waals surface area contributed by atoms with Gasteiger partial charge in [-0.05, 0) is 69.7 Å². The fourth-order valence-electron chi connectivity index (χ4n) is 5.09. The highest BCUT2D eigenvalue weighted by Gasteiger charge is 2.34. The van der Waals surface area contributed by atoms with Gasteiger partial charge in [-0.15, -0.1) is 0 Å². The largest absolute Gasteiger partial charge is 0.372 e. The monoisotopic (exact) mass is 519 g/mol. The van der Waals surface area contributed by atoms with Crippen LogP contribution in [0, 0.1) is 12.8 Å². The van der Waals surface area contributed by atoms with Gasteiger partial charge in [0, 0.05) is 29.8 Å². The summed E-state index contributed by atoms with van der Waals surface area (Å²) in [5, 5.41) is 4.82. The summed E-state index contributed by atoms with van der Waals surface area (Å²) < 4.78 is 1.53. The van der Waals surface area contributed by atoms with E-state index in [1.807, 2.05) is 0 Å². The molecule has 3 rings (SSSR count). The van der Waals surface area contributed by atoms with E-state index in [1.54, 1.807) is 0 Å². The second-order valence-corrected chi connectivity index (χ2v) is 11.5. The quantitative estimate of drug-likeness (QED) is 0.256. The van der Waals surface area contributed by atoms with Crippen molar-refractivity contribution in [2.75, 3.05) is 18.0 Å². The number of aryl methyl sites for hydroxylation is 1. The highest BCUT2D eigenvalue weighted by molar-refractivity contribution is 6.49. The van der Waals surface area contributed by atoms with Crippen LogP contribution in [0.1, 0.15) is 117 Å². The van der Waals surface area contributed by atoms with Crippen LogP contribution in [0.15, 0.2) is 33.1 Å². The van der Waals surface area contributed by atoms with Crippen LogP contribution >= 0.6 is 0 Å². The molecule has 1 aromatic carbocycles. The molecule has 0 saturated heterocycles. The number of benzene rings is 1. The number of anilines is 1. The van der Waals surface area contributed by atoms with Crippen LogP contribution < -0.4 is 10.5 Å². The van der Waals surface area contributed by atoms with Crippen LogP contribution in [-0.4, -0.2) is 34.2 Å². The third kappa shape index (κ3) is 6.27. The molecule has 1 aliphatic rings. The van der Waals surface area contributed by atoms with Gasteiger partial charge in [0.2, 0.25) is 0 Å². The molecule has 0 N–H and O–H groups in total. The summed E-state index contributed by atoms with van der Waals surface area (Å²) in [6, 6.07) is 6.41. The van der Waals surface area contributed by atoms with Crippen LogP contribution in [0.3, 0.4) is 0 Å². The molecule has 2 aromatic rings. The molecular weight excluding hydrogens is 470 g/mol. The number of unbranched alkanes of at least 4 members (excludes halogenated alkanes) is 4. The van der Waals surface area contributed by atoms with Gasteiger partial charge in [0.1, 0.15) is 5.71 Å². The lowest BCUT2D eigenvalue weighted by Gasteiger charge is -2.25. The zero-order valence-electron chi connectivity index (χ0n) is 25.3. The lowest BCUT2D eigenvalue weighted by Crippen LogP contribution is -2.32. The molecule has 0 saturated carbocycles. The van der Waals surface area contributed by atoms with Gasteiger partial charge in [-0.25, -0.2) is 9.98 Å². The minimum atomic E-state index is -0.208. The zero-order valence-corrected chi connectivity index (χ0v) is 25.3. The standard InChI is InChI=1S/C32H49N5O/c1-10-14-15-16-17-18-25-29(32(8,9)11-2)34-30-28(27(22(5)6)35-37(30)31(25)38)33-26-20-19-24(21-23(26)7)36(12-3)13-4/h19-22H,10-18H2,1-9H3. The molecule has 0 amide bonds. The first-order valence-corrected chi connectivity index (χ1v) is 14.8. The van der Waals surface area contributed by atoms with Crippen molar-refractivity contribution in [2.24, 2.45) is 16.0 Å². The number of nitrogens with zero attached hydrogens (tertiary/aromatic N) is 5.